The fourth-order valence-corrected chi connectivity index (χ4v) is 2.65. The van der Waals surface area contributed by atoms with Crippen molar-refractivity contribution in [2.75, 3.05) is 5.32 Å². The van der Waals surface area contributed by atoms with Crippen molar-refractivity contribution >= 4 is 15.7 Å². The maximum Gasteiger partial charge on any atom is 0.238 e. The average Bonchev–Trinajstić information content (AvgIpc) is 3.02. The highest BCUT2D eigenvalue weighted by Crippen LogP contribution is 2.15. The number of hydrogen-bond donors (Lipinski definition) is 2. The van der Waals surface area contributed by atoms with Gasteiger partial charge in [-0.1, -0.05) is 0 Å². The molecule has 118 valence electrons. The van der Waals surface area contributed by atoms with Gasteiger partial charge in [-0.25, -0.2) is 18.2 Å². The Labute approximate surface area is 133 Å². The van der Waals surface area contributed by atoms with Crippen molar-refractivity contribution in [2.45, 2.75) is 11.4 Å². The lowest BCUT2D eigenvalue weighted by molar-refractivity contribution is 0.598. The quantitative estimate of drug-likeness (QED) is 0.739. The fourth-order valence-electron chi connectivity index (χ4n) is 2.13. The number of hydrogen-bond acceptors (Lipinski definition) is 5. The molecular formula is C15H15N5O2S. The van der Waals surface area contributed by atoms with E-state index in [1.807, 2.05) is 18.2 Å². The van der Waals surface area contributed by atoms with Crippen molar-refractivity contribution in [3.05, 3.63) is 66.7 Å². The van der Waals surface area contributed by atoms with Crippen molar-refractivity contribution in [1.82, 2.24) is 14.8 Å². The van der Waals surface area contributed by atoms with E-state index in [9.17, 15) is 8.42 Å². The Kier molecular flexibility index (Phi) is 4.09. The van der Waals surface area contributed by atoms with Crippen LogP contribution < -0.4 is 10.5 Å². The second-order valence-electron chi connectivity index (χ2n) is 4.87. The van der Waals surface area contributed by atoms with Crippen molar-refractivity contribution in [3.63, 3.8) is 0 Å². The molecule has 0 aliphatic carbocycles. The Hall–Kier alpha value is -2.71. The minimum absolute atomic E-state index is 0.0865. The maximum absolute atomic E-state index is 11.2. The number of anilines is 1. The van der Waals surface area contributed by atoms with E-state index < -0.39 is 10.0 Å². The van der Waals surface area contributed by atoms with Crippen LogP contribution in [-0.2, 0) is 16.6 Å². The van der Waals surface area contributed by atoms with Crippen LogP contribution in [0.4, 0.5) is 5.69 Å². The lowest BCUT2D eigenvalue weighted by Gasteiger charge is -2.09. The number of rotatable bonds is 5. The topological polar surface area (TPSA) is 103 Å². The second-order valence-corrected chi connectivity index (χ2v) is 6.43. The third-order valence-corrected chi connectivity index (χ3v) is 4.20. The number of nitrogens with one attached hydrogen (secondary N) is 1. The zero-order chi connectivity index (χ0) is 16.3. The number of aromatic nitrogens is 3. The van der Waals surface area contributed by atoms with Gasteiger partial charge in [-0.05, 0) is 42.5 Å². The van der Waals surface area contributed by atoms with Gasteiger partial charge in [-0.15, -0.1) is 0 Å². The highest BCUT2D eigenvalue weighted by Gasteiger charge is 2.08. The van der Waals surface area contributed by atoms with Crippen LogP contribution in [0, 0.1) is 0 Å². The molecule has 0 spiro atoms. The standard InChI is InChI=1S/C15H15N5O2S/c16-23(21,22)15-5-3-12(4-6-15)18-11-14-7-9-19-20(14)13-2-1-8-17-10-13/h1-10,18H,11H2,(H2,16,21,22). The zero-order valence-electron chi connectivity index (χ0n) is 12.1. The minimum Gasteiger partial charge on any atom is -0.379 e. The molecule has 3 rings (SSSR count). The number of nitrogens with two attached hydrogens (primary N) is 1. The van der Waals surface area contributed by atoms with Crippen LogP contribution in [0.25, 0.3) is 5.69 Å². The number of nitrogens with zero attached hydrogens (tertiary/aromatic N) is 3. The summed E-state index contributed by atoms with van der Waals surface area (Å²) in [7, 11) is -3.67. The summed E-state index contributed by atoms with van der Waals surface area (Å²) in [6, 6.07) is 11.9. The number of primary sulfonamides is 1. The monoisotopic (exact) mass is 329 g/mol. The van der Waals surface area contributed by atoms with Gasteiger partial charge in [0.1, 0.15) is 0 Å². The van der Waals surface area contributed by atoms with Crippen LogP contribution in [0.5, 0.6) is 0 Å². The Morgan fingerprint density at radius 2 is 1.87 bits per heavy atom. The van der Waals surface area contributed by atoms with Crippen molar-refractivity contribution in [3.8, 4) is 5.69 Å². The first-order valence-electron chi connectivity index (χ1n) is 6.84. The third-order valence-electron chi connectivity index (χ3n) is 3.27. The molecule has 0 saturated carbocycles. The molecular weight excluding hydrogens is 314 g/mol. The van der Waals surface area contributed by atoms with Crippen LogP contribution in [0.3, 0.4) is 0 Å². The lowest BCUT2D eigenvalue weighted by Crippen LogP contribution is -2.12. The van der Waals surface area contributed by atoms with Gasteiger partial charge in [0, 0.05) is 18.1 Å². The van der Waals surface area contributed by atoms with Gasteiger partial charge in [0.15, 0.2) is 0 Å². The molecule has 0 saturated heterocycles. The Bertz CT molecular complexity index is 889. The van der Waals surface area contributed by atoms with E-state index in [0.29, 0.717) is 6.54 Å². The van der Waals surface area contributed by atoms with E-state index in [-0.39, 0.29) is 4.90 Å². The molecule has 0 radical (unpaired) electrons. The molecule has 2 heterocycles. The number of benzene rings is 1. The molecule has 8 heteroatoms. The molecule has 23 heavy (non-hydrogen) atoms. The van der Waals surface area contributed by atoms with Gasteiger partial charge in [0.2, 0.25) is 10.0 Å². The molecule has 0 aliphatic heterocycles. The SMILES string of the molecule is NS(=O)(=O)c1ccc(NCc2ccnn2-c2cccnc2)cc1. The summed E-state index contributed by atoms with van der Waals surface area (Å²) in [5, 5.41) is 12.6. The van der Waals surface area contributed by atoms with E-state index in [4.69, 9.17) is 5.14 Å². The average molecular weight is 329 g/mol. The van der Waals surface area contributed by atoms with Crippen molar-refractivity contribution < 1.29 is 8.42 Å². The fraction of sp³-hybridized carbons (Fsp3) is 0.0667. The van der Waals surface area contributed by atoms with E-state index in [1.165, 1.54) is 12.1 Å². The van der Waals surface area contributed by atoms with Gasteiger partial charge in [0.25, 0.3) is 0 Å². The molecule has 0 fully saturated rings. The summed E-state index contributed by atoms with van der Waals surface area (Å²) in [5.74, 6) is 0. The summed E-state index contributed by atoms with van der Waals surface area (Å²) < 4.78 is 24.3. The summed E-state index contributed by atoms with van der Waals surface area (Å²) in [6.07, 6.45) is 5.16. The predicted molar refractivity (Wildman–Crippen MR) is 86.5 cm³/mol. The van der Waals surface area contributed by atoms with E-state index in [0.717, 1.165) is 17.1 Å². The van der Waals surface area contributed by atoms with Gasteiger partial charge >= 0.3 is 0 Å². The summed E-state index contributed by atoms with van der Waals surface area (Å²) >= 11 is 0. The summed E-state index contributed by atoms with van der Waals surface area (Å²) in [6.45, 7) is 0.531. The molecule has 3 N–H and O–H groups in total. The Morgan fingerprint density at radius 3 is 2.52 bits per heavy atom. The smallest absolute Gasteiger partial charge is 0.238 e. The van der Waals surface area contributed by atoms with Crippen LogP contribution in [0.15, 0.2) is 66.0 Å². The highest BCUT2D eigenvalue weighted by atomic mass is 32.2. The first kappa shape index (κ1) is 15.2. The molecule has 0 aliphatic rings. The Morgan fingerprint density at radius 1 is 1.09 bits per heavy atom. The molecule has 1 aromatic carbocycles. The van der Waals surface area contributed by atoms with Crippen LogP contribution in [0.2, 0.25) is 0 Å². The van der Waals surface area contributed by atoms with Gasteiger partial charge < -0.3 is 5.32 Å². The number of sulfonamides is 1. The first-order valence-corrected chi connectivity index (χ1v) is 8.39. The number of pyridine rings is 1. The second kappa shape index (κ2) is 6.19. The van der Waals surface area contributed by atoms with Crippen molar-refractivity contribution in [1.29, 1.82) is 0 Å². The van der Waals surface area contributed by atoms with Gasteiger partial charge in [0.05, 0.1) is 29.0 Å². The van der Waals surface area contributed by atoms with Crippen LogP contribution in [0.1, 0.15) is 5.69 Å². The zero-order valence-corrected chi connectivity index (χ0v) is 12.9. The van der Waals surface area contributed by atoms with Gasteiger partial charge in [-0.3, -0.25) is 4.98 Å². The lowest BCUT2D eigenvalue weighted by atomic mass is 10.3. The predicted octanol–water partition coefficient (Wildman–Crippen LogP) is 1.53. The Balaban J connectivity index is 1.74. The van der Waals surface area contributed by atoms with E-state index >= 15 is 0 Å². The third kappa shape index (κ3) is 3.55. The van der Waals surface area contributed by atoms with Crippen LogP contribution in [-0.4, -0.2) is 23.2 Å². The molecule has 0 unspecified atom stereocenters. The normalized spacial score (nSPS) is 11.3. The maximum atomic E-state index is 11.2. The molecule has 3 aromatic rings. The molecule has 7 nitrogen and oxygen atoms in total. The van der Waals surface area contributed by atoms with Gasteiger partial charge in [-0.2, -0.15) is 5.10 Å². The summed E-state index contributed by atoms with van der Waals surface area (Å²) in [4.78, 5) is 4.17. The molecule has 0 atom stereocenters. The minimum atomic E-state index is -3.67. The molecule has 0 amide bonds. The highest BCUT2D eigenvalue weighted by molar-refractivity contribution is 7.89. The largest absolute Gasteiger partial charge is 0.379 e. The summed E-state index contributed by atoms with van der Waals surface area (Å²) in [5.41, 5.74) is 2.61. The van der Waals surface area contributed by atoms with E-state index in [1.54, 1.807) is 35.4 Å². The van der Waals surface area contributed by atoms with Crippen LogP contribution >= 0.6 is 0 Å². The van der Waals surface area contributed by atoms with E-state index in [2.05, 4.69) is 15.4 Å². The first-order chi connectivity index (χ1) is 11.0. The molecule has 2 aromatic heterocycles. The van der Waals surface area contributed by atoms with Crippen molar-refractivity contribution in [2.24, 2.45) is 5.14 Å². The molecule has 0 bridgehead atoms.